The fraction of sp³-hybridized carbons (Fsp3) is 0.120. The van der Waals surface area contributed by atoms with Crippen molar-refractivity contribution in [3.05, 3.63) is 108 Å². The molecule has 5 nitrogen and oxygen atoms in total. The number of amidine groups is 1. The first-order chi connectivity index (χ1) is 14.7. The molecule has 0 bridgehead atoms. The van der Waals surface area contributed by atoms with E-state index >= 15 is 0 Å². The maximum atomic E-state index is 12.3. The lowest BCUT2D eigenvalue weighted by Gasteiger charge is -2.23. The Morgan fingerprint density at radius 2 is 1.60 bits per heavy atom. The summed E-state index contributed by atoms with van der Waals surface area (Å²) in [4.78, 5) is 17.0. The zero-order chi connectivity index (χ0) is 20.8. The number of anilines is 1. The number of aryl methyl sites for hydroxylation is 1. The summed E-state index contributed by atoms with van der Waals surface area (Å²) in [7, 11) is 0. The van der Waals surface area contributed by atoms with Crippen LogP contribution in [0.3, 0.4) is 0 Å². The minimum absolute atomic E-state index is 0.00732. The Morgan fingerprint density at radius 3 is 2.43 bits per heavy atom. The van der Waals surface area contributed by atoms with E-state index in [1.807, 2.05) is 78.9 Å². The Hall–Kier alpha value is -3.86. The molecule has 150 valence electrons. The molecule has 3 aromatic rings. The quantitative estimate of drug-likeness (QED) is 0.583. The first-order valence-corrected chi connectivity index (χ1v) is 9.97. The molecule has 3 N–H and O–H groups in total. The maximum Gasteiger partial charge on any atom is 0.224 e. The van der Waals surface area contributed by atoms with Crippen LogP contribution in [0, 0.1) is 0 Å². The highest BCUT2D eigenvalue weighted by molar-refractivity contribution is 6.04. The highest BCUT2D eigenvalue weighted by Crippen LogP contribution is 2.19. The van der Waals surface area contributed by atoms with Crippen molar-refractivity contribution in [3.63, 3.8) is 0 Å². The van der Waals surface area contributed by atoms with E-state index in [0.717, 1.165) is 45.9 Å². The van der Waals surface area contributed by atoms with Gasteiger partial charge in [0.05, 0.1) is 12.2 Å². The Balaban J connectivity index is 1.39. The van der Waals surface area contributed by atoms with Gasteiger partial charge in [0.25, 0.3) is 0 Å². The Morgan fingerprint density at radius 1 is 0.867 bits per heavy atom. The highest BCUT2D eigenvalue weighted by Gasteiger charge is 2.16. The normalized spacial score (nSPS) is 13.9. The number of benzene rings is 3. The number of carbonyl (C=O) groups excluding carboxylic acids is 1. The van der Waals surface area contributed by atoms with Gasteiger partial charge in [0.15, 0.2) is 0 Å². The molecule has 0 fully saturated rings. The summed E-state index contributed by atoms with van der Waals surface area (Å²) in [5.74, 6) is 0.781. The number of aliphatic imine (C=N–C) groups is 1. The number of hydrogen-bond acceptors (Lipinski definition) is 3. The zero-order valence-corrected chi connectivity index (χ0v) is 16.7. The number of carbonyl (C=O) groups is 1. The number of hydrazine groups is 1. The standard InChI is InChI=1S/C25H24N4O/c1-18-22-12-5-6-13-23(22)25(29-28-18)26-17-20-10-7-11-21(16-20)27-24(30)15-14-19-8-3-2-4-9-19/h2-13,16,28H,1,14-15,17H2,(H,26,29)(H,27,30). The van der Waals surface area contributed by atoms with Crippen molar-refractivity contribution < 1.29 is 4.79 Å². The average Bonchev–Trinajstić information content (AvgIpc) is 2.78. The molecule has 5 heteroatoms. The van der Waals surface area contributed by atoms with Gasteiger partial charge in [-0.05, 0) is 29.7 Å². The largest absolute Gasteiger partial charge is 0.326 e. The van der Waals surface area contributed by atoms with Crippen LogP contribution in [0.2, 0.25) is 0 Å². The summed E-state index contributed by atoms with van der Waals surface area (Å²) < 4.78 is 0. The SMILES string of the molecule is C=C1NNC(=NCc2cccc(NC(=O)CCc3ccccc3)c2)c2ccccc21. The van der Waals surface area contributed by atoms with Crippen LogP contribution >= 0.6 is 0 Å². The van der Waals surface area contributed by atoms with Gasteiger partial charge in [-0.15, -0.1) is 0 Å². The van der Waals surface area contributed by atoms with Crippen molar-refractivity contribution in [1.82, 2.24) is 10.9 Å². The van der Waals surface area contributed by atoms with Crippen LogP contribution in [-0.2, 0) is 17.8 Å². The summed E-state index contributed by atoms with van der Waals surface area (Å²) in [6.07, 6.45) is 1.18. The Bertz CT molecular complexity index is 1090. The van der Waals surface area contributed by atoms with Crippen molar-refractivity contribution in [3.8, 4) is 0 Å². The molecule has 1 aliphatic heterocycles. The molecule has 1 amide bonds. The molecule has 0 saturated heterocycles. The van der Waals surface area contributed by atoms with Crippen LogP contribution in [0.1, 0.15) is 28.7 Å². The van der Waals surface area contributed by atoms with Gasteiger partial charge in [-0.3, -0.25) is 20.6 Å². The molecule has 0 saturated carbocycles. The molecule has 0 spiro atoms. The van der Waals surface area contributed by atoms with E-state index in [2.05, 4.69) is 22.7 Å². The summed E-state index contributed by atoms with van der Waals surface area (Å²) in [5, 5.41) is 2.98. The summed E-state index contributed by atoms with van der Waals surface area (Å²) >= 11 is 0. The molecule has 0 aromatic heterocycles. The third-order valence-corrected chi connectivity index (χ3v) is 4.95. The van der Waals surface area contributed by atoms with Crippen LogP contribution in [0.5, 0.6) is 0 Å². The number of fused-ring (bicyclic) bond motifs is 1. The van der Waals surface area contributed by atoms with Gasteiger partial charge in [-0.1, -0.05) is 73.3 Å². The monoisotopic (exact) mass is 396 g/mol. The van der Waals surface area contributed by atoms with Gasteiger partial charge >= 0.3 is 0 Å². The molecule has 1 aliphatic rings. The zero-order valence-electron chi connectivity index (χ0n) is 16.7. The van der Waals surface area contributed by atoms with Crippen LogP contribution in [0.15, 0.2) is 90.4 Å². The second-order valence-corrected chi connectivity index (χ2v) is 7.17. The number of amides is 1. The minimum atomic E-state index is 0.00732. The molecule has 0 aliphatic carbocycles. The van der Waals surface area contributed by atoms with Crippen molar-refractivity contribution >= 4 is 23.1 Å². The molecule has 0 unspecified atom stereocenters. The first-order valence-electron chi connectivity index (χ1n) is 9.97. The number of nitrogens with one attached hydrogen (secondary N) is 3. The van der Waals surface area contributed by atoms with Crippen molar-refractivity contribution in [2.24, 2.45) is 4.99 Å². The number of rotatable bonds is 6. The fourth-order valence-corrected chi connectivity index (χ4v) is 3.39. The number of hydrogen-bond donors (Lipinski definition) is 3. The van der Waals surface area contributed by atoms with Crippen LogP contribution < -0.4 is 16.2 Å². The van der Waals surface area contributed by atoms with E-state index < -0.39 is 0 Å². The smallest absolute Gasteiger partial charge is 0.224 e. The second kappa shape index (κ2) is 9.09. The van der Waals surface area contributed by atoms with E-state index in [-0.39, 0.29) is 5.91 Å². The molecule has 0 atom stereocenters. The molecular formula is C25H24N4O. The predicted molar refractivity (Wildman–Crippen MR) is 122 cm³/mol. The topological polar surface area (TPSA) is 65.5 Å². The van der Waals surface area contributed by atoms with Gasteiger partial charge < -0.3 is 5.32 Å². The van der Waals surface area contributed by atoms with Crippen LogP contribution in [0.25, 0.3) is 5.70 Å². The third-order valence-electron chi connectivity index (χ3n) is 4.95. The van der Waals surface area contributed by atoms with E-state index in [0.29, 0.717) is 13.0 Å². The van der Waals surface area contributed by atoms with Crippen molar-refractivity contribution in [2.75, 3.05) is 5.32 Å². The molecule has 3 aromatic carbocycles. The highest BCUT2D eigenvalue weighted by atomic mass is 16.1. The summed E-state index contributed by atoms with van der Waals surface area (Å²) in [5.41, 5.74) is 12.0. The third kappa shape index (κ3) is 4.75. The first kappa shape index (κ1) is 19.5. The van der Waals surface area contributed by atoms with E-state index in [9.17, 15) is 4.79 Å². The predicted octanol–water partition coefficient (Wildman–Crippen LogP) is 4.28. The van der Waals surface area contributed by atoms with Gasteiger partial charge in [0.1, 0.15) is 5.84 Å². The van der Waals surface area contributed by atoms with E-state index in [4.69, 9.17) is 4.99 Å². The average molecular weight is 396 g/mol. The number of nitrogens with zero attached hydrogens (tertiary/aromatic N) is 1. The van der Waals surface area contributed by atoms with Gasteiger partial charge in [-0.2, -0.15) is 0 Å². The lowest BCUT2D eigenvalue weighted by atomic mass is 10.0. The molecule has 0 radical (unpaired) electrons. The second-order valence-electron chi connectivity index (χ2n) is 7.17. The fourth-order valence-electron chi connectivity index (χ4n) is 3.39. The van der Waals surface area contributed by atoms with E-state index in [1.165, 1.54) is 0 Å². The summed E-state index contributed by atoms with van der Waals surface area (Å²) in [6, 6.07) is 25.8. The Labute approximate surface area is 176 Å². The Kier molecular flexibility index (Phi) is 5.90. The molecule has 4 rings (SSSR count). The van der Waals surface area contributed by atoms with E-state index in [1.54, 1.807) is 0 Å². The lowest BCUT2D eigenvalue weighted by Crippen LogP contribution is -2.41. The molecule has 1 heterocycles. The van der Waals surface area contributed by atoms with Crippen molar-refractivity contribution in [2.45, 2.75) is 19.4 Å². The van der Waals surface area contributed by atoms with Gasteiger partial charge in [0.2, 0.25) is 5.91 Å². The van der Waals surface area contributed by atoms with Crippen molar-refractivity contribution in [1.29, 1.82) is 0 Å². The lowest BCUT2D eigenvalue weighted by molar-refractivity contribution is -0.116. The maximum absolute atomic E-state index is 12.3. The molecular weight excluding hydrogens is 372 g/mol. The van der Waals surface area contributed by atoms with Crippen LogP contribution in [0.4, 0.5) is 5.69 Å². The van der Waals surface area contributed by atoms with Gasteiger partial charge in [-0.25, -0.2) is 0 Å². The van der Waals surface area contributed by atoms with Gasteiger partial charge in [0, 0.05) is 23.2 Å². The summed E-state index contributed by atoms with van der Waals surface area (Å²) in [6.45, 7) is 4.51. The van der Waals surface area contributed by atoms with Crippen LogP contribution in [-0.4, -0.2) is 11.7 Å². The molecule has 30 heavy (non-hydrogen) atoms. The minimum Gasteiger partial charge on any atom is -0.326 e.